The number of carbonyl (C=O) groups excluding carboxylic acids is 1. The molecule has 0 aliphatic heterocycles. The zero-order chi connectivity index (χ0) is 19.7. The Hall–Kier alpha value is -3.06. The number of carbonyl (C=O) groups is 1. The molecule has 1 aliphatic rings. The average molecular weight is 383 g/mol. The first-order chi connectivity index (χ1) is 13.5. The lowest BCUT2D eigenvalue weighted by Crippen LogP contribution is -2.29. The summed E-state index contributed by atoms with van der Waals surface area (Å²) in [5.74, 6) is -1.22. The van der Waals surface area contributed by atoms with Crippen LogP contribution < -0.4 is 5.32 Å². The van der Waals surface area contributed by atoms with Gasteiger partial charge in [-0.1, -0.05) is 24.3 Å². The number of aliphatic hydroxyl groups is 1. The van der Waals surface area contributed by atoms with Gasteiger partial charge in [0.2, 0.25) is 0 Å². The molecule has 3 aromatic rings. The Morgan fingerprint density at radius 1 is 1.14 bits per heavy atom. The van der Waals surface area contributed by atoms with Gasteiger partial charge in [0.15, 0.2) is 5.69 Å². The van der Waals surface area contributed by atoms with E-state index in [1.165, 1.54) is 35.0 Å². The number of aromatic nitrogens is 2. The second-order valence-electron chi connectivity index (χ2n) is 6.77. The average Bonchev–Trinajstić information content (AvgIpc) is 3.30. The number of halogens is 2. The highest BCUT2D eigenvalue weighted by atomic mass is 19.1. The molecule has 0 fully saturated rings. The summed E-state index contributed by atoms with van der Waals surface area (Å²) in [6.45, 7) is -0.0359. The molecule has 0 bridgehead atoms. The van der Waals surface area contributed by atoms with Gasteiger partial charge in [0.05, 0.1) is 6.10 Å². The van der Waals surface area contributed by atoms with Crippen molar-refractivity contribution in [1.82, 2.24) is 15.1 Å². The summed E-state index contributed by atoms with van der Waals surface area (Å²) in [6.07, 6.45) is 1.33. The highest BCUT2D eigenvalue weighted by Gasteiger charge is 2.28. The predicted molar refractivity (Wildman–Crippen MR) is 99.2 cm³/mol. The molecule has 1 unspecified atom stereocenters. The van der Waals surface area contributed by atoms with E-state index in [1.54, 1.807) is 18.2 Å². The van der Waals surface area contributed by atoms with E-state index >= 15 is 0 Å². The lowest BCUT2D eigenvalue weighted by molar-refractivity contribution is 0.0910. The van der Waals surface area contributed by atoms with Crippen LogP contribution in [-0.4, -0.2) is 27.3 Å². The van der Waals surface area contributed by atoms with Crippen LogP contribution >= 0.6 is 0 Å². The largest absolute Gasteiger partial charge is 0.387 e. The summed E-state index contributed by atoms with van der Waals surface area (Å²) < 4.78 is 28.7. The van der Waals surface area contributed by atoms with E-state index in [9.17, 15) is 18.7 Å². The predicted octanol–water partition coefficient (Wildman–Crippen LogP) is 3.10. The van der Waals surface area contributed by atoms with E-state index in [1.807, 2.05) is 0 Å². The smallest absolute Gasteiger partial charge is 0.272 e. The third kappa shape index (κ3) is 3.41. The van der Waals surface area contributed by atoms with E-state index < -0.39 is 23.6 Å². The van der Waals surface area contributed by atoms with Crippen LogP contribution in [0.2, 0.25) is 0 Å². The second kappa shape index (κ2) is 7.52. The standard InChI is InChI=1S/C21H19F2N3O2/c22-14-10-8-13(9-11-14)19(27)12-24-21(28)20-15-4-3-7-17(15)26(25-20)18-6-2-1-5-16(18)23/h1-2,5-6,8-11,19,27H,3-4,7,12H2,(H,24,28). The highest BCUT2D eigenvalue weighted by Crippen LogP contribution is 2.28. The van der Waals surface area contributed by atoms with Crippen LogP contribution in [0.25, 0.3) is 5.69 Å². The lowest BCUT2D eigenvalue weighted by Gasteiger charge is -2.12. The molecular weight excluding hydrogens is 364 g/mol. The molecule has 0 saturated carbocycles. The van der Waals surface area contributed by atoms with E-state index in [2.05, 4.69) is 10.4 Å². The first kappa shape index (κ1) is 18.3. The maximum absolute atomic E-state index is 14.2. The van der Waals surface area contributed by atoms with Gasteiger partial charge in [-0.2, -0.15) is 5.10 Å². The van der Waals surface area contributed by atoms with Crippen molar-refractivity contribution in [2.45, 2.75) is 25.4 Å². The van der Waals surface area contributed by atoms with Crippen LogP contribution in [0.5, 0.6) is 0 Å². The summed E-state index contributed by atoms with van der Waals surface area (Å²) in [5.41, 5.74) is 2.73. The van der Waals surface area contributed by atoms with Gasteiger partial charge >= 0.3 is 0 Å². The molecule has 1 heterocycles. The molecule has 0 saturated heterocycles. The Morgan fingerprint density at radius 2 is 1.89 bits per heavy atom. The van der Waals surface area contributed by atoms with Gasteiger partial charge in [0, 0.05) is 17.8 Å². The summed E-state index contributed by atoms with van der Waals surface area (Å²) in [6, 6.07) is 11.8. The van der Waals surface area contributed by atoms with Crippen LogP contribution in [0.4, 0.5) is 8.78 Å². The Morgan fingerprint density at radius 3 is 2.64 bits per heavy atom. The minimum atomic E-state index is -0.966. The van der Waals surface area contributed by atoms with Gasteiger partial charge in [-0.15, -0.1) is 0 Å². The maximum Gasteiger partial charge on any atom is 0.272 e. The fourth-order valence-corrected chi connectivity index (χ4v) is 3.52. The fraction of sp³-hybridized carbons (Fsp3) is 0.238. The summed E-state index contributed by atoms with van der Waals surface area (Å²) in [7, 11) is 0. The van der Waals surface area contributed by atoms with Crippen molar-refractivity contribution in [3.8, 4) is 5.69 Å². The Labute approximate surface area is 160 Å². The van der Waals surface area contributed by atoms with Crippen molar-refractivity contribution < 1.29 is 18.7 Å². The number of aliphatic hydroxyl groups excluding tert-OH is 1. The number of nitrogens with zero attached hydrogens (tertiary/aromatic N) is 2. The molecule has 2 N–H and O–H groups in total. The maximum atomic E-state index is 14.2. The first-order valence-electron chi connectivity index (χ1n) is 9.12. The van der Waals surface area contributed by atoms with Gasteiger partial charge in [-0.25, -0.2) is 13.5 Å². The number of benzene rings is 2. The van der Waals surface area contributed by atoms with Crippen LogP contribution in [0.15, 0.2) is 48.5 Å². The minimum Gasteiger partial charge on any atom is -0.387 e. The van der Waals surface area contributed by atoms with Gasteiger partial charge in [0.1, 0.15) is 17.3 Å². The van der Waals surface area contributed by atoms with E-state index in [0.29, 0.717) is 17.7 Å². The summed E-state index contributed by atoms with van der Waals surface area (Å²) in [4.78, 5) is 12.7. The molecule has 7 heteroatoms. The monoisotopic (exact) mass is 383 g/mol. The Bertz CT molecular complexity index is 1010. The summed E-state index contributed by atoms with van der Waals surface area (Å²) in [5, 5.41) is 17.2. The summed E-state index contributed by atoms with van der Waals surface area (Å²) >= 11 is 0. The molecule has 1 atom stereocenters. The van der Waals surface area contributed by atoms with Crippen molar-refractivity contribution in [3.63, 3.8) is 0 Å². The molecule has 4 rings (SSSR count). The molecular formula is C21H19F2N3O2. The SMILES string of the molecule is O=C(NCC(O)c1ccc(F)cc1)c1nn(-c2ccccc2F)c2c1CCC2. The third-order valence-corrected chi connectivity index (χ3v) is 4.94. The third-order valence-electron chi connectivity index (χ3n) is 4.94. The number of para-hydroxylation sites is 1. The zero-order valence-corrected chi connectivity index (χ0v) is 15.0. The lowest BCUT2D eigenvalue weighted by atomic mass is 10.1. The van der Waals surface area contributed by atoms with Crippen molar-refractivity contribution in [1.29, 1.82) is 0 Å². The molecule has 1 aromatic heterocycles. The zero-order valence-electron chi connectivity index (χ0n) is 15.0. The highest BCUT2D eigenvalue weighted by molar-refractivity contribution is 5.94. The topological polar surface area (TPSA) is 67.2 Å². The van der Waals surface area contributed by atoms with Gasteiger partial charge < -0.3 is 10.4 Å². The molecule has 1 aliphatic carbocycles. The number of amides is 1. The normalized spacial score (nSPS) is 14.0. The van der Waals surface area contributed by atoms with E-state index in [0.717, 1.165) is 24.1 Å². The molecule has 2 aromatic carbocycles. The molecule has 1 amide bonds. The number of hydrogen-bond acceptors (Lipinski definition) is 3. The van der Waals surface area contributed by atoms with Crippen molar-refractivity contribution in [2.24, 2.45) is 0 Å². The van der Waals surface area contributed by atoms with E-state index in [4.69, 9.17) is 0 Å². The molecule has 144 valence electrons. The Balaban J connectivity index is 1.54. The van der Waals surface area contributed by atoms with Crippen LogP contribution in [0.3, 0.4) is 0 Å². The molecule has 0 spiro atoms. The second-order valence-corrected chi connectivity index (χ2v) is 6.77. The fourth-order valence-electron chi connectivity index (χ4n) is 3.52. The van der Waals surface area contributed by atoms with E-state index in [-0.39, 0.29) is 12.2 Å². The number of nitrogens with one attached hydrogen (secondary N) is 1. The minimum absolute atomic E-state index is 0.0359. The van der Waals surface area contributed by atoms with Crippen LogP contribution in [-0.2, 0) is 12.8 Å². The van der Waals surface area contributed by atoms with Gasteiger partial charge in [-0.05, 0) is 49.1 Å². The van der Waals surface area contributed by atoms with Gasteiger partial charge in [-0.3, -0.25) is 4.79 Å². The van der Waals surface area contributed by atoms with Crippen LogP contribution in [0, 0.1) is 11.6 Å². The molecule has 28 heavy (non-hydrogen) atoms. The van der Waals surface area contributed by atoms with Gasteiger partial charge in [0.25, 0.3) is 5.91 Å². The quantitative estimate of drug-likeness (QED) is 0.712. The number of rotatable bonds is 5. The molecule has 5 nitrogen and oxygen atoms in total. The van der Waals surface area contributed by atoms with Crippen molar-refractivity contribution >= 4 is 5.91 Å². The Kier molecular flexibility index (Phi) is 4.92. The first-order valence-corrected chi connectivity index (χ1v) is 9.12. The van der Waals surface area contributed by atoms with Crippen molar-refractivity contribution in [3.05, 3.63) is 82.7 Å². The number of fused-ring (bicyclic) bond motifs is 1. The van der Waals surface area contributed by atoms with Crippen molar-refractivity contribution in [2.75, 3.05) is 6.54 Å². The number of hydrogen-bond donors (Lipinski definition) is 2. The molecule has 0 radical (unpaired) electrons. The van der Waals surface area contributed by atoms with Crippen LogP contribution in [0.1, 0.15) is 39.8 Å².